The van der Waals surface area contributed by atoms with Crippen molar-refractivity contribution in [2.24, 2.45) is 4.99 Å². The van der Waals surface area contributed by atoms with E-state index >= 15 is 0 Å². The largest absolute Gasteiger partial charge is 0.491 e. The fourth-order valence-electron chi connectivity index (χ4n) is 3.66. The Morgan fingerprint density at radius 3 is 2.82 bits per heavy atom. The van der Waals surface area contributed by atoms with E-state index in [0.29, 0.717) is 13.2 Å². The number of hydrogen-bond acceptors (Lipinski definition) is 4. The first-order valence-electron chi connectivity index (χ1n) is 10.7. The summed E-state index contributed by atoms with van der Waals surface area (Å²) in [6.07, 6.45) is 5.15. The molecule has 1 unspecified atom stereocenters. The van der Waals surface area contributed by atoms with E-state index in [1.807, 2.05) is 7.05 Å². The summed E-state index contributed by atoms with van der Waals surface area (Å²) in [6.45, 7) is 9.57. The van der Waals surface area contributed by atoms with Crippen LogP contribution in [0, 0.1) is 6.92 Å². The Morgan fingerprint density at radius 1 is 1.29 bits per heavy atom. The molecule has 1 saturated heterocycles. The molecule has 6 heteroatoms. The Balaban J connectivity index is 1.47. The van der Waals surface area contributed by atoms with Crippen molar-refractivity contribution >= 4 is 5.96 Å². The van der Waals surface area contributed by atoms with Crippen LogP contribution in [0.25, 0.3) is 0 Å². The fourth-order valence-corrected chi connectivity index (χ4v) is 3.66. The molecule has 1 aromatic carbocycles. The number of ether oxygens (including phenoxy) is 2. The lowest BCUT2D eigenvalue weighted by molar-refractivity contribution is 0.0676. The molecule has 0 aromatic heterocycles. The van der Waals surface area contributed by atoms with Gasteiger partial charge < -0.3 is 20.1 Å². The van der Waals surface area contributed by atoms with Crippen LogP contribution in [0.15, 0.2) is 23.2 Å². The number of aliphatic imine (C=N–C) groups is 1. The van der Waals surface area contributed by atoms with E-state index in [9.17, 15) is 0 Å². The van der Waals surface area contributed by atoms with E-state index in [0.717, 1.165) is 62.4 Å². The predicted molar refractivity (Wildman–Crippen MR) is 114 cm³/mol. The van der Waals surface area contributed by atoms with Crippen LogP contribution in [-0.2, 0) is 11.3 Å². The number of rotatable bonds is 10. The zero-order chi connectivity index (χ0) is 19.8. The van der Waals surface area contributed by atoms with Crippen LogP contribution in [0.3, 0.4) is 0 Å². The van der Waals surface area contributed by atoms with E-state index < -0.39 is 0 Å². The van der Waals surface area contributed by atoms with Crippen LogP contribution in [0.5, 0.6) is 5.75 Å². The van der Waals surface area contributed by atoms with Crippen molar-refractivity contribution < 1.29 is 9.47 Å². The molecule has 6 nitrogen and oxygen atoms in total. The number of aryl methyl sites for hydroxylation is 1. The molecule has 0 spiro atoms. The molecular weight excluding hydrogens is 352 g/mol. The number of likely N-dealkylation sites (N-methyl/N-ethyl adjacent to an activating group) is 1. The summed E-state index contributed by atoms with van der Waals surface area (Å²) in [7, 11) is 1.82. The molecule has 3 rings (SSSR count). The number of hydrogen-bond donors (Lipinski definition) is 2. The highest BCUT2D eigenvalue weighted by Gasteiger charge is 2.27. The van der Waals surface area contributed by atoms with Gasteiger partial charge in [-0.25, -0.2) is 0 Å². The number of guanidine groups is 1. The van der Waals surface area contributed by atoms with Crippen LogP contribution in [-0.4, -0.2) is 62.9 Å². The third-order valence-corrected chi connectivity index (χ3v) is 5.50. The maximum Gasteiger partial charge on any atom is 0.191 e. The summed E-state index contributed by atoms with van der Waals surface area (Å²) in [4.78, 5) is 6.90. The quantitative estimate of drug-likeness (QED) is 0.477. The lowest BCUT2D eigenvalue weighted by Crippen LogP contribution is -2.41. The normalized spacial score (nSPS) is 19.9. The average Bonchev–Trinajstić information content (AvgIpc) is 3.41. The van der Waals surface area contributed by atoms with Gasteiger partial charge in [-0.1, -0.05) is 19.1 Å². The molecule has 1 aromatic rings. The summed E-state index contributed by atoms with van der Waals surface area (Å²) < 4.78 is 11.8. The van der Waals surface area contributed by atoms with Crippen LogP contribution in [0.4, 0.5) is 0 Å². The third-order valence-electron chi connectivity index (χ3n) is 5.50. The SMILES string of the molecule is CCN(CCNC(=NC)NCc1ccc(C)cc1OCC1CCCO1)C1CC1. The van der Waals surface area contributed by atoms with Crippen LogP contribution < -0.4 is 15.4 Å². The van der Waals surface area contributed by atoms with Gasteiger partial charge in [0, 0.05) is 44.9 Å². The first-order chi connectivity index (χ1) is 13.7. The van der Waals surface area contributed by atoms with Gasteiger partial charge in [0.1, 0.15) is 12.4 Å². The highest BCUT2D eigenvalue weighted by Crippen LogP contribution is 2.26. The Hall–Kier alpha value is -1.79. The standard InChI is InChI=1S/C22H36N4O2/c1-4-26(19-9-10-19)12-11-24-22(23-3)25-15-18-8-7-17(2)14-21(18)28-16-20-6-5-13-27-20/h7-8,14,19-20H,4-6,9-13,15-16H2,1-3H3,(H2,23,24,25). The van der Waals surface area contributed by atoms with Crippen molar-refractivity contribution in [1.29, 1.82) is 0 Å². The first kappa shape index (κ1) is 20.9. The van der Waals surface area contributed by atoms with E-state index in [4.69, 9.17) is 9.47 Å². The zero-order valence-electron chi connectivity index (χ0n) is 17.7. The second-order valence-electron chi connectivity index (χ2n) is 7.77. The van der Waals surface area contributed by atoms with Crippen LogP contribution in [0.1, 0.15) is 43.7 Å². The van der Waals surface area contributed by atoms with E-state index in [1.54, 1.807) is 0 Å². The highest BCUT2D eigenvalue weighted by molar-refractivity contribution is 5.79. The molecule has 2 fully saturated rings. The van der Waals surface area contributed by atoms with Crippen LogP contribution >= 0.6 is 0 Å². The van der Waals surface area contributed by atoms with Crippen molar-refractivity contribution in [3.05, 3.63) is 29.3 Å². The van der Waals surface area contributed by atoms with Gasteiger partial charge in [0.15, 0.2) is 5.96 Å². The second kappa shape index (κ2) is 10.7. The lowest BCUT2D eigenvalue weighted by Gasteiger charge is -2.21. The topological polar surface area (TPSA) is 58.1 Å². The van der Waals surface area contributed by atoms with Gasteiger partial charge >= 0.3 is 0 Å². The average molecular weight is 389 g/mol. The minimum Gasteiger partial charge on any atom is -0.491 e. The molecule has 2 N–H and O–H groups in total. The van der Waals surface area contributed by atoms with Crippen molar-refractivity contribution in [3.63, 3.8) is 0 Å². The van der Waals surface area contributed by atoms with Gasteiger partial charge in [0.2, 0.25) is 0 Å². The molecule has 0 radical (unpaired) electrons. The highest BCUT2D eigenvalue weighted by atomic mass is 16.5. The molecule has 1 atom stereocenters. The minimum absolute atomic E-state index is 0.226. The monoisotopic (exact) mass is 388 g/mol. The van der Waals surface area contributed by atoms with Crippen molar-refractivity contribution in [2.45, 2.75) is 58.2 Å². The van der Waals surface area contributed by atoms with Gasteiger partial charge in [-0.15, -0.1) is 0 Å². The maximum absolute atomic E-state index is 6.10. The Labute approximate surface area is 169 Å². The van der Waals surface area contributed by atoms with Gasteiger partial charge in [0.05, 0.1) is 6.10 Å². The summed E-state index contributed by atoms with van der Waals surface area (Å²) >= 11 is 0. The predicted octanol–water partition coefficient (Wildman–Crippen LogP) is 2.70. The molecular formula is C22H36N4O2. The van der Waals surface area contributed by atoms with E-state index in [2.05, 4.69) is 52.6 Å². The summed E-state index contributed by atoms with van der Waals surface area (Å²) in [6, 6.07) is 7.17. The van der Waals surface area contributed by atoms with E-state index in [1.165, 1.54) is 18.4 Å². The number of nitrogens with zero attached hydrogens (tertiary/aromatic N) is 2. The first-order valence-corrected chi connectivity index (χ1v) is 10.7. The number of benzene rings is 1. The molecule has 1 saturated carbocycles. The fraction of sp³-hybridized carbons (Fsp3) is 0.682. The van der Waals surface area contributed by atoms with Crippen molar-refractivity contribution in [3.8, 4) is 5.75 Å². The molecule has 0 amide bonds. The molecule has 1 aliphatic heterocycles. The van der Waals surface area contributed by atoms with Gasteiger partial charge in [-0.3, -0.25) is 9.89 Å². The summed E-state index contributed by atoms with van der Waals surface area (Å²) in [5, 5.41) is 6.85. The number of nitrogens with one attached hydrogen (secondary N) is 2. The minimum atomic E-state index is 0.226. The summed E-state index contributed by atoms with van der Waals surface area (Å²) in [5.41, 5.74) is 2.34. The molecule has 156 valence electrons. The Morgan fingerprint density at radius 2 is 2.14 bits per heavy atom. The van der Waals surface area contributed by atoms with Crippen molar-refractivity contribution in [2.75, 3.05) is 39.9 Å². The van der Waals surface area contributed by atoms with Gasteiger partial charge in [0.25, 0.3) is 0 Å². The smallest absolute Gasteiger partial charge is 0.191 e. The van der Waals surface area contributed by atoms with Crippen LogP contribution in [0.2, 0.25) is 0 Å². The molecule has 28 heavy (non-hydrogen) atoms. The molecule has 1 aliphatic carbocycles. The third kappa shape index (κ3) is 6.38. The second-order valence-corrected chi connectivity index (χ2v) is 7.77. The van der Waals surface area contributed by atoms with Gasteiger partial charge in [-0.2, -0.15) is 0 Å². The molecule has 1 heterocycles. The maximum atomic E-state index is 6.10. The Bertz CT molecular complexity index is 639. The van der Waals surface area contributed by atoms with Gasteiger partial charge in [-0.05, 0) is 50.8 Å². The zero-order valence-corrected chi connectivity index (χ0v) is 17.7. The molecule has 0 bridgehead atoms. The molecule has 2 aliphatic rings. The van der Waals surface area contributed by atoms with Crippen molar-refractivity contribution in [1.82, 2.24) is 15.5 Å². The summed E-state index contributed by atoms with van der Waals surface area (Å²) in [5.74, 6) is 1.77. The Kier molecular flexibility index (Phi) is 7.98. The lowest BCUT2D eigenvalue weighted by atomic mass is 10.1. The van der Waals surface area contributed by atoms with E-state index in [-0.39, 0.29) is 6.10 Å².